The van der Waals surface area contributed by atoms with E-state index in [0.717, 1.165) is 0 Å². The third-order valence-corrected chi connectivity index (χ3v) is 4.61. The fraction of sp³-hybridized carbons (Fsp3) is 0.0833. The maximum Gasteiger partial charge on any atom is 0.255 e. The number of aryl methyl sites for hydroxylation is 1. The Morgan fingerprint density at radius 1 is 0.938 bits per heavy atom. The highest BCUT2D eigenvalue weighted by atomic mass is 19.1. The average Bonchev–Trinajstić information content (AvgIpc) is 3.28. The van der Waals surface area contributed by atoms with Crippen LogP contribution >= 0.6 is 0 Å². The van der Waals surface area contributed by atoms with Crippen molar-refractivity contribution in [3.8, 4) is 11.3 Å². The lowest BCUT2D eigenvalue weighted by Crippen LogP contribution is -2.15. The number of carbonyl (C=O) groups is 2. The summed E-state index contributed by atoms with van der Waals surface area (Å²) in [4.78, 5) is 32.8. The van der Waals surface area contributed by atoms with Gasteiger partial charge in [0, 0.05) is 42.2 Å². The quantitative estimate of drug-likeness (QED) is 0.443. The van der Waals surface area contributed by atoms with Gasteiger partial charge in [0.25, 0.3) is 5.91 Å². The number of rotatable bonds is 7. The van der Waals surface area contributed by atoms with E-state index >= 15 is 0 Å². The molecular formula is C24H19FN4O3. The molecule has 0 bridgehead atoms. The predicted octanol–water partition coefficient (Wildman–Crippen LogP) is 4.70. The van der Waals surface area contributed by atoms with Gasteiger partial charge in [-0.2, -0.15) is 0 Å². The van der Waals surface area contributed by atoms with Crippen molar-refractivity contribution in [1.82, 2.24) is 9.97 Å². The van der Waals surface area contributed by atoms with E-state index in [2.05, 4.69) is 20.6 Å². The van der Waals surface area contributed by atoms with Gasteiger partial charge in [-0.05, 0) is 42.5 Å². The summed E-state index contributed by atoms with van der Waals surface area (Å²) in [6.07, 6.45) is 4.97. The molecule has 2 aromatic heterocycles. The smallest absolute Gasteiger partial charge is 0.255 e. The lowest BCUT2D eigenvalue weighted by atomic mass is 10.1. The molecule has 160 valence electrons. The Hall–Kier alpha value is -4.33. The minimum atomic E-state index is -0.402. The third-order valence-electron chi connectivity index (χ3n) is 4.61. The molecule has 2 amide bonds. The summed E-state index contributed by atoms with van der Waals surface area (Å²) in [5, 5.41) is 5.53. The van der Waals surface area contributed by atoms with Gasteiger partial charge >= 0.3 is 0 Å². The Bertz CT molecular complexity index is 1240. The van der Waals surface area contributed by atoms with E-state index in [1.807, 2.05) is 0 Å². The van der Waals surface area contributed by atoms with Crippen molar-refractivity contribution in [3.05, 3.63) is 96.5 Å². The molecule has 8 heteroatoms. The van der Waals surface area contributed by atoms with Crippen LogP contribution in [0.25, 0.3) is 11.3 Å². The van der Waals surface area contributed by atoms with E-state index in [-0.39, 0.29) is 24.7 Å². The third kappa shape index (κ3) is 5.23. The molecule has 0 unspecified atom stereocenters. The second kappa shape index (κ2) is 9.65. The first-order valence-electron chi connectivity index (χ1n) is 9.89. The van der Waals surface area contributed by atoms with Crippen molar-refractivity contribution >= 4 is 23.2 Å². The van der Waals surface area contributed by atoms with Crippen LogP contribution in [0.1, 0.15) is 22.7 Å². The normalized spacial score (nSPS) is 10.5. The van der Waals surface area contributed by atoms with Gasteiger partial charge in [-0.15, -0.1) is 0 Å². The van der Waals surface area contributed by atoms with Gasteiger partial charge < -0.3 is 15.1 Å². The number of benzene rings is 2. The molecule has 2 aromatic carbocycles. The van der Waals surface area contributed by atoms with Gasteiger partial charge in [0.2, 0.25) is 5.91 Å². The summed E-state index contributed by atoms with van der Waals surface area (Å²) in [5.74, 6) is -0.314. The van der Waals surface area contributed by atoms with Gasteiger partial charge in [-0.25, -0.2) is 9.37 Å². The molecule has 0 fully saturated rings. The number of halogens is 1. The Kier molecular flexibility index (Phi) is 6.31. The van der Waals surface area contributed by atoms with Gasteiger partial charge in [0.1, 0.15) is 5.82 Å². The van der Waals surface area contributed by atoms with E-state index in [9.17, 15) is 14.0 Å². The van der Waals surface area contributed by atoms with Crippen molar-refractivity contribution in [1.29, 1.82) is 0 Å². The van der Waals surface area contributed by atoms with E-state index in [4.69, 9.17) is 4.42 Å². The number of nitrogens with one attached hydrogen (secondary N) is 2. The fourth-order valence-corrected chi connectivity index (χ4v) is 3.03. The summed E-state index contributed by atoms with van der Waals surface area (Å²) in [7, 11) is 0. The number of aromatic nitrogens is 2. The van der Waals surface area contributed by atoms with Crippen LogP contribution in [0.4, 0.5) is 15.8 Å². The molecule has 0 aliphatic heterocycles. The zero-order valence-corrected chi connectivity index (χ0v) is 16.9. The molecule has 0 saturated heterocycles. The first kappa shape index (κ1) is 20.9. The number of anilines is 2. The summed E-state index contributed by atoms with van der Waals surface area (Å²) in [6.45, 7) is 0. The molecule has 2 heterocycles. The largest absolute Gasteiger partial charge is 0.441 e. The van der Waals surface area contributed by atoms with Crippen LogP contribution in [0.3, 0.4) is 0 Å². The number of hydrogen-bond donors (Lipinski definition) is 2. The van der Waals surface area contributed by atoms with Crippen LogP contribution in [0.15, 0.2) is 83.7 Å². The molecule has 0 spiro atoms. The van der Waals surface area contributed by atoms with Gasteiger partial charge in [0.15, 0.2) is 11.7 Å². The van der Waals surface area contributed by atoms with E-state index in [1.165, 1.54) is 12.3 Å². The van der Waals surface area contributed by atoms with Crippen LogP contribution < -0.4 is 10.6 Å². The zero-order chi connectivity index (χ0) is 22.3. The zero-order valence-electron chi connectivity index (χ0n) is 16.9. The predicted molar refractivity (Wildman–Crippen MR) is 117 cm³/mol. The summed E-state index contributed by atoms with van der Waals surface area (Å²) in [5.41, 5.74) is 1.84. The molecule has 4 aromatic rings. The van der Waals surface area contributed by atoms with E-state index < -0.39 is 5.82 Å². The van der Waals surface area contributed by atoms with Gasteiger partial charge in [-0.1, -0.05) is 18.2 Å². The Morgan fingerprint density at radius 2 is 1.75 bits per heavy atom. The van der Waals surface area contributed by atoms with Crippen molar-refractivity contribution in [2.45, 2.75) is 12.8 Å². The van der Waals surface area contributed by atoms with Crippen LogP contribution in [-0.4, -0.2) is 21.8 Å². The summed E-state index contributed by atoms with van der Waals surface area (Å²) < 4.78 is 19.4. The molecule has 2 N–H and O–H groups in total. The topological polar surface area (TPSA) is 97.1 Å². The Labute approximate surface area is 183 Å². The van der Waals surface area contributed by atoms with Crippen LogP contribution in [-0.2, 0) is 11.2 Å². The molecule has 7 nitrogen and oxygen atoms in total. The highest BCUT2D eigenvalue weighted by Gasteiger charge is 2.13. The van der Waals surface area contributed by atoms with Crippen molar-refractivity contribution < 1.29 is 18.4 Å². The van der Waals surface area contributed by atoms with Gasteiger partial charge in [0.05, 0.1) is 11.8 Å². The SMILES string of the molecule is O=C(CCc1ncc(-c2ccccc2F)o1)Nc1cccc(C(=O)Nc2ccncc2)c1. The van der Waals surface area contributed by atoms with Crippen molar-refractivity contribution in [2.75, 3.05) is 10.6 Å². The Balaban J connectivity index is 1.33. The lowest BCUT2D eigenvalue weighted by molar-refractivity contribution is -0.116. The highest BCUT2D eigenvalue weighted by Crippen LogP contribution is 2.23. The molecule has 0 radical (unpaired) electrons. The number of hydrogen-bond acceptors (Lipinski definition) is 5. The van der Waals surface area contributed by atoms with E-state index in [0.29, 0.717) is 34.2 Å². The van der Waals surface area contributed by atoms with Crippen LogP contribution in [0.5, 0.6) is 0 Å². The lowest BCUT2D eigenvalue weighted by Gasteiger charge is -2.08. The maximum atomic E-state index is 13.9. The molecule has 0 aliphatic rings. The standard InChI is InChI=1S/C24H19FN4O3/c25-20-7-2-1-6-19(20)21-15-27-23(32-21)9-8-22(30)28-18-5-3-4-16(14-18)24(31)29-17-10-12-26-13-11-17/h1-7,10-15H,8-9H2,(H,28,30)(H,26,29,31). The molecule has 0 saturated carbocycles. The number of carbonyl (C=O) groups excluding carboxylic acids is 2. The number of amides is 2. The van der Waals surface area contributed by atoms with Crippen molar-refractivity contribution in [3.63, 3.8) is 0 Å². The number of pyridine rings is 1. The Morgan fingerprint density at radius 3 is 2.56 bits per heavy atom. The molecule has 4 rings (SSSR count). The van der Waals surface area contributed by atoms with Gasteiger partial charge in [-0.3, -0.25) is 14.6 Å². The summed E-state index contributed by atoms with van der Waals surface area (Å²) in [6, 6.07) is 16.2. The molecular weight excluding hydrogens is 411 g/mol. The maximum absolute atomic E-state index is 13.9. The number of nitrogens with zero attached hydrogens (tertiary/aromatic N) is 2. The average molecular weight is 430 g/mol. The molecule has 32 heavy (non-hydrogen) atoms. The molecule has 0 aliphatic carbocycles. The first-order valence-corrected chi connectivity index (χ1v) is 9.89. The second-order valence-corrected chi connectivity index (χ2v) is 6.92. The number of oxazole rings is 1. The second-order valence-electron chi connectivity index (χ2n) is 6.92. The van der Waals surface area contributed by atoms with E-state index in [1.54, 1.807) is 67.0 Å². The minimum Gasteiger partial charge on any atom is -0.441 e. The first-order chi connectivity index (χ1) is 15.6. The van der Waals surface area contributed by atoms with Crippen molar-refractivity contribution in [2.24, 2.45) is 0 Å². The highest BCUT2D eigenvalue weighted by molar-refractivity contribution is 6.05. The molecule has 0 atom stereocenters. The minimum absolute atomic E-state index is 0.116. The monoisotopic (exact) mass is 430 g/mol. The summed E-state index contributed by atoms with van der Waals surface area (Å²) >= 11 is 0. The van der Waals surface area contributed by atoms with Crippen LogP contribution in [0.2, 0.25) is 0 Å². The fourth-order valence-electron chi connectivity index (χ4n) is 3.03. The van der Waals surface area contributed by atoms with Crippen LogP contribution in [0, 0.1) is 5.82 Å².